The minimum atomic E-state index is -0.0663. The van der Waals surface area contributed by atoms with E-state index in [1.54, 1.807) is 33.1 Å². The summed E-state index contributed by atoms with van der Waals surface area (Å²) in [6.07, 6.45) is 0.719. The molecular formula is C24H33N5O2. The maximum Gasteiger partial charge on any atom is 0.253 e. The Morgan fingerprint density at radius 2 is 1.68 bits per heavy atom. The Morgan fingerprint density at radius 1 is 0.968 bits per heavy atom. The first kappa shape index (κ1) is 23.9. The Labute approximate surface area is 185 Å². The van der Waals surface area contributed by atoms with Gasteiger partial charge in [-0.1, -0.05) is 42.5 Å². The van der Waals surface area contributed by atoms with Crippen LogP contribution in [0.2, 0.25) is 0 Å². The number of carbonyl (C=O) groups is 2. The van der Waals surface area contributed by atoms with E-state index in [1.807, 2.05) is 54.6 Å². The number of nitrogens with one attached hydrogen (secondary N) is 2. The predicted molar refractivity (Wildman–Crippen MR) is 125 cm³/mol. The Kier molecular flexibility index (Phi) is 9.06. The second kappa shape index (κ2) is 11.7. The maximum absolute atomic E-state index is 12.2. The van der Waals surface area contributed by atoms with E-state index in [1.165, 1.54) is 4.90 Å². The highest BCUT2D eigenvalue weighted by Crippen LogP contribution is 2.11. The summed E-state index contributed by atoms with van der Waals surface area (Å²) in [4.78, 5) is 31.7. The van der Waals surface area contributed by atoms with Gasteiger partial charge in [0.1, 0.15) is 6.54 Å². The van der Waals surface area contributed by atoms with E-state index < -0.39 is 0 Å². The highest BCUT2D eigenvalue weighted by Gasteiger charge is 2.11. The molecule has 0 bridgehead atoms. The van der Waals surface area contributed by atoms with Crippen molar-refractivity contribution in [2.45, 2.75) is 19.4 Å². The molecule has 0 saturated carbocycles. The third-order valence-electron chi connectivity index (χ3n) is 4.81. The quantitative estimate of drug-likeness (QED) is 0.505. The van der Waals surface area contributed by atoms with Crippen molar-refractivity contribution < 1.29 is 9.59 Å². The molecule has 1 unspecified atom stereocenters. The fourth-order valence-electron chi connectivity index (χ4n) is 2.91. The Hall–Kier alpha value is -3.35. The van der Waals surface area contributed by atoms with Crippen LogP contribution in [0, 0.1) is 0 Å². The molecule has 1 atom stereocenters. The maximum atomic E-state index is 12.2. The molecule has 0 saturated heterocycles. The van der Waals surface area contributed by atoms with E-state index in [4.69, 9.17) is 0 Å². The van der Waals surface area contributed by atoms with Gasteiger partial charge in [0.15, 0.2) is 5.96 Å². The van der Waals surface area contributed by atoms with E-state index in [9.17, 15) is 9.59 Å². The average Bonchev–Trinajstić information content (AvgIpc) is 2.77. The zero-order valence-electron chi connectivity index (χ0n) is 19.1. The first-order valence-electron chi connectivity index (χ1n) is 10.4. The monoisotopic (exact) mass is 423 g/mol. The van der Waals surface area contributed by atoms with Crippen molar-refractivity contribution in [1.29, 1.82) is 0 Å². The summed E-state index contributed by atoms with van der Waals surface area (Å²) in [7, 11) is 6.92. The highest BCUT2D eigenvalue weighted by atomic mass is 16.2. The first-order valence-corrected chi connectivity index (χ1v) is 10.4. The van der Waals surface area contributed by atoms with Crippen molar-refractivity contribution in [3.63, 3.8) is 0 Å². The summed E-state index contributed by atoms with van der Waals surface area (Å²) in [5.41, 5.74) is 2.86. The van der Waals surface area contributed by atoms with Crippen LogP contribution in [-0.2, 0) is 11.2 Å². The number of likely N-dealkylation sites (N-methyl/N-ethyl adjacent to an activating group) is 1. The number of hydrogen-bond acceptors (Lipinski definition) is 3. The molecule has 2 amide bonds. The molecule has 7 heteroatoms. The van der Waals surface area contributed by atoms with Crippen LogP contribution in [0.1, 0.15) is 34.5 Å². The molecule has 0 aliphatic carbocycles. The van der Waals surface area contributed by atoms with Crippen molar-refractivity contribution in [2.75, 3.05) is 41.3 Å². The third kappa shape index (κ3) is 7.77. The van der Waals surface area contributed by atoms with Crippen LogP contribution in [0.25, 0.3) is 0 Å². The summed E-state index contributed by atoms with van der Waals surface area (Å²) in [5.74, 6) is 0.494. The fraction of sp³-hybridized carbons (Fsp3) is 0.375. The van der Waals surface area contributed by atoms with Gasteiger partial charge in [0.25, 0.3) is 5.91 Å². The summed E-state index contributed by atoms with van der Waals surface area (Å²) in [6, 6.07) is 17.7. The van der Waals surface area contributed by atoms with Gasteiger partial charge >= 0.3 is 0 Å². The minimum Gasteiger partial charge on any atom is -0.356 e. The fourth-order valence-corrected chi connectivity index (χ4v) is 2.91. The van der Waals surface area contributed by atoms with Crippen molar-refractivity contribution in [1.82, 2.24) is 20.4 Å². The number of hydrogen-bond donors (Lipinski definition) is 2. The normalized spacial score (nSPS) is 12.1. The molecule has 0 aliphatic heterocycles. The molecule has 0 aromatic heterocycles. The summed E-state index contributed by atoms with van der Waals surface area (Å²) in [6.45, 7) is 2.73. The van der Waals surface area contributed by atoms with Crippen LogP contribution < -0.4 is 10.6 Å². The lowest BCUT2D eigenvalue weighted by molar-refractivity contribution is -0.127. The van der Waals surface area contributed by atoms with Crippen LogP contribution in [0.3, 0.4) is 0 Å². The minimum absolute atomic E-state index is 0.0161. The lowest BCUT2D eigenvalue weighted by Gasteiger charge is -2.19. The molecule has 31 heavy (non-hydrogen) atoms. The number of amides is 2. The molecular weight excluding hydrogens is 390 g/mol. The lowest BCUT2D eigenvalue weighted by atomic mass is 10.1. The molecule has 2 aromatic rings. The van der Waals surface area contributed by atoms with Crippen LogP contribution in [0.5, 0.6) is 0 Å². The Morgan fingerprint density at radius 3 is 2.32 bits per heavy atom. The second-order valence-corrected chi connectivity index (χ2v) is 7.81. The average molecular weight is 424 g/mol. The molecule has 7 nitrogen and oxygen atoms in total. The Bertz CT molecular complexity index is 894. The number of benzene rings is 2. The van der Waals surface area contributed by atoms with E-state index in [-0.39, 0.29) is 24.4 Å². The van der Waals surface area contributed by atoms with Crippen LogP contribution in [0.4, 0.5) is 0 Å². The van der Waals surface area contributed by atoms with Gasteiger partial charge in [0.05, 0.1) is 6.04 Å². The van der Waals surface area contributed by atoms with Crippen LogP contribution in [0.15, 0.2) is 59.6 Å². The highest BCUT2D eigenvalue weighted by molar-refractivity contribution is 5.94. The molecule has 0 spiro atoms. The largest absolute Gasteiger partial charge is 0.356 e. The molecule has 0 aliphatic rings. The number of carbonyl (C=O) groups excluding carboxylic acids is 2. The van der Waals surface area contributed by atoms with Gasteiger partial charge in [-0.3, -0.25) is 9.59 Å². The van der Waals surface area contributed by atoms with Gasteiger partial charge in [-0.25, -0.2) is 4.99 Å². The third-order valence-corrected chi connectivity index (χ3v) is 4.81. The predicted octanol–water partition coefficient (Wildman–Crippen LogP) is 2.32. The zero-order valence-corrected chi connectivity index (χ0v) is 19.1. The molecule has 2 aromatic carbocycles. The summed E-state index contributed by atoms with van der Waals surface area (Å²) >= 11 is 0. The van der Waals surface area contributed by atoms with Gasteiger partial charge in [-0.15, -0.1) is 0 Å². The smallest absolute Gasteiger partial charge is 0.253 e. The number of guanidine groups is 1. The topological polar surface area (TPSA) is 77.0 Å². The SMILES string of the molecule is CC(NC(=NCC(=O)N(C)C)NCCc1cccc(C(=O)N(C)C)c1)c1ccccc1. The van der Waals surface area contributed by atoms with Gasteiger partial charge in [-0.2, -0.15) is 0 Å². The van der Waals surface area contributed by atoms with Crippen molar-refractivity contribution in [3.05, 3.63) is 71.3 Å². The van der Waals surface area contributed by atoms with Gasteiger partial charge in [-0.05, 0) is 36.6 Å². The van der Waals surface area contributed by atoms with Gasteiger partial charge < -0.3 is 20.4 Å². The van der Waals surface area contributed by atoms with E-state index >= 15 is 0 Å². The molecule has 0 radical (unpaired) electrons. The van der Waals surface area contributed by atoms with E-state index in [2.05, 4.69) is 22.5 Å². The van der Waals surface area contributed by atoms with Gasteiger partial charge in [0.2, 0.25) is 5.91 Å². The molecule has 166 valence electrons. The van der Waals surface area contributed by atoms with Crippen LogP contribution in [-0.4, -0.2) is 68.9 Å². The summed E-state index contributed by atoms with van der Waals surface area (Å²) < 4.78 is 0. The van der Waals surface area contributed by atoms with Gasteiger partial charge in [0, 0.05) is 40.3 Å². The first-order chi connectivity index (χ1) is 14.8. The molecule has 0 fully saturated rings. The van der Waals surface area contributed by atoms with Crippen LogP contribution >= 0.6 is 0 Å². The Balaban J connectivity index is 2.04. The molecule has 0 heterocycles. The number of aliphatic imine (C=N–C) groups is 1. The van der Waals surface area contributed by atoms with E-state index in [0.717, 1.165) is 17.5 Å². The van der Waals surface area contributed by atoms with E-state index in [0.29, 0.717) is 18.1 Å². The standard InChI is InChI=1S/C24H33N5O2/c1-18(20-11-7-6-8-12-20)27-24(26-17-22(30)28(2)3)25-15-14-19-10-9-13-21(16-19)23(31)29(4)5/h6-13,16,18H,14-15,17H2,1-5H3,(H2,25,26,27). The lowest BCUT2D eigenvalue weighted by Crippen LogP contribution is -2.40. The molecule has 2 N–H and O–H groups in total. The van der Waals surface area contributed by atoms with Crippen molar-refractivity contribution in [3.8, 4) is 0 Å². The van der Waals surface area contributed by atoms with Crippen molar-refractivity contribution >= 4 is 17.8 Å². The van der Waals surface area contributed by atoms with Crippen molar-refractivity contribution in [2.24, 2.45) is 4.99 Å². The molecule has 2 rings (SSSR count). The zero-order chi connectivity index (χ0) is 22.8. The number of rotatable bonds is 8. The number of nitrogens with zero attached hydrogens (tertiary/aromatic N) is 3. The summed E-state index contributed by atoms with van der Waals surface area (Å²) in [5, 5.41) is 6.67. The second-order valence-electron chi connectivity index (χ2n) is 7.81.